The van der Waals surface area contributed by atoms with Gasteiger partial charge in [0, 0.05) is 10.4 Å². The predicted molar refractivity (Wildman–Crippen MR) is 88.8 cm³/mol. The van der Waals surface area contributed by atoms with Gasteiger partial charge in [-0.05, 0) is 35.6 Å². The van der Waals surface area contributed by atoms with Crippen molar-refractivity contribution in [2.45, 2.75) is 26.5 Å². The number of nitrogens with one attached hydrogen (secondary N) is 1. The van der Waals surface area contributed by atoms with E-state index in [0.717, 1.165) is 4.88 Å². The summed E-state index contributed by atoms with van der Waals surface area (Å²) in [4.78, 5) is 24.5. The van der Waals surface area contributed by atoms with Crippen LogP contribution in [0.4, 0.5) is 0 Å². The number of carbonyl (C=O) groups excluding carboxylic acids is 1. The lowest BCUT2D eigenvalue weighted by Gasteiger charge is -2.18. The predicted octanol–water partition coefficient (Wildman–Crippen LogP) is 3.17. The van der Waals surface area contributed by atoms with Crippen molar-refractivity contribution in [2.75, 3.05) is 0 Å². The average Bonchev–Trinajstić information content (AvgIpc) is 3.03. The van der Waals surface area contributed by atoms with Crippen LogP contribution < -0.4 is 10.1 Å². The Morgan fingerprint density at radius 2 is 2.04 bits per heavy atom. The van der Waals surface area contributed by atoms with E-state index >= 15 is 0 Å². The number of carboxylic acid groups (broad SMARTS) is 1. The average molecular weight is 333 g/mol. The van der Waals surface area contributed by atoms with Crippen LogP contribution in [0.15, 0.2) is 41.8 Å². The lowest BCUT2D eigenvalue weighted by atomic mass is 10.0. The molecule has 0 aliphatic heterocycles. The van der Waals surface area contributed by atoms with Crippen LogP contribution in [0, 0.1) is 5.92 Å². The van der Waals surface area contributed by atoms with Crippen LogP contribution in [0.5, 0.6) is 5.75 Å². The number of rotatable bonds is 7. The van der Waals surface area contributed by atoms with Crippen LogP contribution in [0.3, 0.4) is 0 Å². The number of hydrogen-bond acceptors (Lipinski definition) is 4. The second kappa shape index (κ2) is 7.78. The van der Waals surface area contributed by atoms with Gasteiger partial charge in [0.1, 0.15) is 18.4 Å². The van der Waals surface area contributed by atoms with Crippen LogP contribution >= 0.6 is 11.3 Å². The van der Waals surface area contributed by atoms with Crippen molar-refractivity contribution in [3.05, 3.63) is 52.2 Å². The molecule has 1 heterocycles. The maximum absolute atomic E-state index is 12.2. The summed E-state index contributed by atoms with van der Waals surface area (Å²) in [6.07, 6.45) is 0. The molecule has 1 atom stereocenters. The van der Waals surface area contributed by atoms with E-state index in [4.69, 9.17) is 9.84 Å². The van der Waals surface area contributed by atoms with Gasteiger partial charge in [0.2, 0.25) is 0 Å². The van der Waals surface area contributed by atoms with Gasteiger partial charge in [0.25, 0.3) is 5.91 Å². The highest BCUT2D eigenvalue weighted by Crippen LogP contribution is 2.17. The first-order valence-electron chi connectivity index (χ1n) is 7.26. The van der Waals surface area contributed by atoms with Gasteiger partial charge < -0.3 is 15.2 Å². The maximum atomic E-state index is 12.2. The number of aliphatic carboxylic acids is 1. The number of carbonyl (C=O) groups is 2. The van der Waals surface area contributed by atoms with Crippen molar-refractivity contribution in [1.82, 2.24) is 5.32 Å². The summed E-state index contributed by atoms with van der Waals surface area (Å²) in [6, 6.07) is 9.73. The molecule has 5 nitrogen and oxygen atoms in total. The highest BCUT2D eigenvalue weighted by Gasteiger charge is 2.24. The quantitative estimate of drug-likeness (QED) is 0.816. The van der Waals surface area contributed by atoms with E-state index in [1.165, 1.54) is 0 Å². The molecule has 23 heavy (non-hydrogen) atoms. The van der Waals surface area contributed by atoms with Crippen LogP contribution in [-0.4, -0.2) is 23.0 Å². The smallest absolute Gasteiger partial charge is 0.326 e. The zero-order valence-corrected chi connectivity index (χ0v) is 13.8. The molecule has 0 bridgehead atoms. The van der Waals surface area contributed by atoms with E-state index in [1.807, 2.05) is 17.5 Å². The summed E-state index contributed by atoms with van der Waals surface area (Å²) in [5.41, 5.74) is 0.376. The van der Waals surface area contributed by atoms with Crippen molar-refractivity contribution in [3.63, 3.8) is 0 Å². The summed E-state index contributed by atoms with van der Waals surface area (Å²) < 4.78 is 5.66. The molecule has 1 aromatic carbocycles. The number of ether oxygens (including phenoxy) is 1. The highest BCUT2D eigenvalue weighted by atomic mass is 32.1. The Morgan fingerprint density at radius 3 is 2.65 bits per heavy atom. The SMILES string of the molecule is CC(C)C(NC(=O)c1cccc(OCc2cccs2)c1)C(=O)O. The summed E-state index contributed by atoms with van der Waals surface area (Å²) in [7, 11) is 0. The maximum Gasteiger partial charge on any atom is 0.326 e. The first-order chi connectivity index (χ1) is 11.0. The van der Waals surface area contributed by atoms with Crippen molar-refractivity contribution >= 4 is 23.2 Å². The third-order valence-corrected chi connectivity index (χ3v) is 4.13. The minimum Gasteiger partial charge on any atom is -0.488 e. The second-order valence-electron chi connectivity index (χ2n) is 5.43. The molecule has 0 radical (unpaired) electrons. The van der Waals surface area contributed by atoms with Crippen LogP contribution in [0.1, 0.15) is 29.1 Å². The molecule has 2 rings (SSSR count). The van der Waals surface area contributed by atoms with Crippen LogP contribution in [0.25, 0.3) is 0 Å². The Hall–Kier alpha value is -2.34. The van der Waals surface area contributed by atoms with Gasteiger partial charge in [-0.3, -0.25) is 4.79 Å². The van der Waals surface area contributed by atoms with Gasteiger partial charge in [0.15, 0.2) is 0 Å². The number of benzene rings is 1. The summed E-state index contributed by atoms with van der Waals surface area (Å²) >= 11 is 1.60. The molecule has 0 aliphatic carbocycles. The normalized spacial score (nSPS) is 12.0. The van der Waals surface area contributed by atoms with Crippen LogP contribution in [-0.2, 0) is 11.4 Å². The molecule has 6 heteroatoms. The van der Waals surface area contributed by atoms with E-state index in [9.17, 15) is 9.59 Å². The molecular formula is C17H19NO4S. The van der Waals surface area contributed by atoms with Crippen LogP contribution in [0.2, 0.25) is 0 Å². The molecule has 0 spiro atoms. The topological polar surface area (TPSA) is 75.6 Å². The van der Waals surface area contributed by atoms with Crippen molar-refractivity contribution in [2.24, 2.45) is 5.92 Å². The van der Waals surface area contributed by atoms with Gasteiger partial charge in [-0.25, -0.2) is 4.79 Å². The van der Waals surface area contributed by atoms with Gasteiger partial charge in [-0.15, -0.1) is 11.3 Å². The molecule has 1 aromatic heterocycles. The fourth-order valence-corrected chi connectivity index (χ4v) is 2.63. The first-order valence-corrected chi connectivity index (χ1v) is 8.14. The molecular weight excluding hydrogens is 314 g/mol. The van der Waals surface area contributed by atoms with Gasteiger partial charge in [-0.1, -0.05) is 26.0 Å². The number of amides is 1. The summed E-state index contributed by atoms with van der Waals surface area (Å²) in [5.74, 6) is -1.09. The molecule has 2 N–H and O–H groups in total. The van der Waals surface area contributed by atoms with E-state index in [0.29, 0.717) is 17.9 Å². The zero-order valence-electron chi connectivity index (χ0n) is 13.0. The third-order valence-electron chi connectivity index (χ3n) is 3.28. The fraction of sp³-hybridized carbons (Fsp3) is 0.294. The Labute approximate surface area is 138 Å². The third kappa shape index (κ3) is 4.82. The zero-order chi connectivity index (χ0) is 16.8. The largest absolute Gasteiger partial charge is 0.488 e. The standard InChI is InChI=1S/C17H19NO4S/c1-11(2)15(17(20)21)18-16(19)12-5-3-6-13(9-12)22-10-14-7-4-8-23-14/h3-9,11,15H,10H2,1-2H3,(H,18,19)(H,20,21). The fourth-order valence-electron chi connectivity index (χ4n) is 2.01. The minimum atomic E-state index is -1.04. The number of hydrogen-bond donors (Lipinski definition) is 2. The Balaban J connectivity index is 2.03. The van der Waals surface area contributed by atoms with E-state index in [2.05, 4.69) is 5.32 Å². The lowest BCUT2D eigenvalue weighted by Crippen LogP contribution is -2.44. The molecule has 0 saturated carbocycles. The summed E-state index contributed by atoms with van der Waals surface area (Å²) in [6.45, 7) is 3.94. The van der Waals surface area contributed by atoms with E-state index < -0.39 is 17.9 Å². The highest BCUT2D eigenvalue weighted by molar-refractivity contribution is 7.09. The molecule has 0 fully saturated rings. The van der Waals surface area contributed by atoms with E-state index in [-0.39, 0.29) is 5.92 Å². The molecule has 0 saturated heterocycles. The molecule has 0 aliphatic rings. The van der Waals surface area contributed by atoms with Gasteiger partial charge in [0.05, 0.1) is 0 Å². The van der Waals surface area contributed by atoms with E-state index in [1.54, 1.807) is 49.4 Å². The molecule has 1 amide bonds. The van der Waals surface area contributed by atoms with Gasteiger partial charge >= 0.3 is 5.97 Å². The molecule has 122 valence electrons. The number of thiophene rings is 1. The van der Waals surface area contributed by atoms with Crippen molar-refractivity contribution in [1.29, 1.82) is 0 Å². The lowest BCUT2D eigenvalue weighted by molar-refractivity contribution is -0.140. The first kappa shape index (κ1) is 17.0. The molecule has 2 aromatic rings. The Morgan fingerprint density at radius 1 is 1.26 bits per heavy atom. The van der Waals surface area contributed by atoms with Crippen molar-refractivity contribution in [3.8, 4) is 5.75 Å². The Kier molecular flexibility index (Phi) is 5.76. The summed E-state index contributed by atoms with van der Waals surface area (Å²) in [5, 5.41) is 13.7. The monoisotopic (exact) mass is 333 g/mol. The second-order valence-corrected chi connectivity index (χ2v) is 6.46. The number of carboxylic acids is 1. The minimum absolute atomic E-state index is 0.199. The van der Waals surface area contributed by atoms with Crippen molar-refractivity contribution < 1.29 is 19.4 Å². The van der Waals surface area contributed by atoms with Gasteiger partial charge in [-0.2, -0.15) is 0 Å². The Bertz CT molecular complexity index is 667. The molecule has 1 unspecified atom stereocenters.